The summed E-state index contributed by atoms with van der Waals surface area (Å²) in [5.74, 6) is 0.683. The minimum Gasteiger partial charge on any atom is -0.0705 e. The molecule has 0 saturated heterocycles. The second-order valence-electron chi connectivity index (χ2n) is 4.94. The highest BCUT2D eigenvalue weighted by Crippen LogP contribution is 2.41. The molecule has 79 valence electrons. The molecule has 1 aromatic carbocycles. The SMILES string of the molecule is CC(C)C1=Cc2ccccc2C1[Si](C)C. The Balaban J connectivity index is 2.47. The van der Waals surface area contributed by atoms with Crippen LogP contribution < -0.4 is 0 Å². The summed E-state index contributed by atoms with van der Waals surface area (Å²) < 4.78 is 0. The molecule has 0 amide bonds. The van der Waals surface area contributed by atoms with E-state index in [0.717, 1.165) is 5.54 Å². The van der Waals surface area contributed by atoms with E-state index in [9.17, 15) is 0 Å². The average Bonchev–Trinajstić information content (AvgIpc) is 2.56. The third-order valence-corrected chi connectivity index (χ3v) is 5.01. The van der Waals surface area contributed by atoms with Gasteiger partial charge in [0.05, 0.1) is 8.80 Å². The standard InChI is InChI=1S/C14H19Si/c1-10(2)13-9-11-7-5-6-8-12(11)14(13)15(3)4/h5-10,14H,1-4H3. The van der Waals surface area contributed by atoms with Gasteiger partial charge in [-0.2, -0.15) is 0 Å². The second-order valence-corrected chi connectivity index (χ2v) is 7.67. The van der Waals surface area contributed by atoms with Crippen LogP contribution >= 0.6 is 0 Å². The van der Waals surface area contributed by atoms with Crippen molar-refractivity contribution in [1.82, 2.24) is 0 Å². The third-order valence-electron chi connectivity index (χ3n) is 3.21. The molecule has 0 aliphatic heterocycles. The molecule has 1 heteroatoms. The van der Waals surface area contributed by atoms with E-state index in [-0.39, 0.29) is 8.80 Å². The highest BCUT2D eigenvalue weighted by molar-refractivity contribution is 6.58. The van der Waals surface area contributed by atoms with Crippen LogP contribution in [0, 0.1) is 5.92 Å². The lowest BCUT2D eigenvalue weighted by atomic mass is 10.0. The zero-order valence-corrected chi connectivity index (χ0v) is 11.0. The van der Waals surface area contributed by atoms with Crippen molar-refractivity contribution >= 4 is 14.9 Å². The van der Waals surface area contributed by atoms with Crippen LogP contribution in [0.5, 0.6) is 0 Å². The number of hydrogen-bond acceptors (Lipinski definition) is 0. The number of fused-ring (bicyclic) bond motifs is 1. The maximum atomic E-state index is 2.42. The van der Waals surface area contributed by atoms with Crippen LogP contribution in [0.3, 0.4) is 0 Å². The van der Waals surface area contributed by atoms with Gasteiger partial charge < -0.3 is 0 Å². The van der Waals surface area contributed by atoms with Crippen LogP contribution in [0.2, 0.25) is 13.1 Å². The van der Waals surface area contributed by atoms with Gasteiger partial charge in [-0.15, -0.1) is 0 Å². The first kappa shape index (κ1) is 10.7. The number of benzene rings is 1. The molecule has 15 heavy (non-hydrogen) atoms. The largest absolute Gasteiger partial charge is 0.0705 e. The fourth-order valence-corrected chi connectivity index (χ4v) is 4.46. The Bertz CT molecular complexity index is 388. The summed E-state index contributed by atoms with van der Waals surface area (Å²) in [6.45, 7) is 9.48. The van der Waals surface area contributed by atoms with Crippen molar-refractivity contribution in [3.05, 3.63) is 41.0 Å². The van der Waals surface area contributed by atoms with Crippen molar-refractivity contribution in [2.45, 2.75) is 32.5 Å². The van der Waals surface area contributed by atoms with Crippen molar-refractivity contribution < 1.29 is 0 Å². The van der Waals surface area contributed by atoms with E-state index < -0.39 is 0 Å². The molecular weight excluding hydrogens is 196 g/mol. The Morgan fingerprint density at radius 2 is 1.80 bits per heavy atom. The van der Waals surface area contributed by atoms with Gasteiger partial charge in [-0.25, -0.2) is 0 Å². The number of hydrogen-bond donors (Lipinski definition) is 0. The lowest BCUT2D eigenvalue weighted by Crippen LogP contribution is -2.18. The predicted molar refractivity (Wildman–Crippen MR) is 69.5 cm³/mol. The van der Waals surface area contributed by atoms with Crippen molar-refractivity contribution in [3.63, 3.8) is 0 Å². The molecule has 0 saturated carbocycles. The first-order valence-corrected chi connectivity index (χ1v) is 8.29. The zero-order chi connectivity index (χ0) is 11.0. The quantitative estimate of drug-likeness (QED) is 0.651. The average molecular weight is 215 g/mol. The normalized spacial score (nSPS) is 19.6. The molecule has 1 unspecified atom stereocenters. The summed E-state index contributed by atoms with van der Waals surface area (Å²) in [5, 5.41) is 0. The van der Waals surface area contributed by atoms with E-state index in [1.807, 2.05) is 0 Å². The lowest BCUT2D eigenvalue weighted by Gasteiger charge is -2.22. The Labute approximate surface area is 94.6 Å². The minimum atomic E-state index is -0.285. The Hall–Kier alpha value is -0.823. The maximum Gasteiger partial charge on any atom is 0.0552 e. The van der Waals surface area contributed by atoms with Crippen LogP contribution in [0.1, 0.15) is 30.5 Å². The molecule has 0 bridgehead atoms. The van der Waals surface area contributed by atoms with Crippen LogP contribution in [0.15, 0.2) is 29.8 Å². The molecule has 0 fully saturated rings. The summed E-state index contributed by atoms with van der Waals surface area (Å²) in [5.41, 5.74) is 5.42. The van der Waals surface area contributed by atoms with Crippen molar-refractivity contribution in [1.29, 1.82) is 0 Å². The zero-order valence-electron chi connectivity index (χ0n) is 10.0. The highest BCUT2D eigenvalue weighted by Gasteiger charge is 2.29. The predicted octanol–water partition coefficient (Wildman–Crippen LogP) is 4.12. The fourth-order valence-electron chi connectivity index (χ4n) is 2.49. The first-order chi connectivity index (χ1) is 7.11. The van der Waals surface area contributed by atoms with Gasteiger partial charge in [-0.3, -0.25) is 0 Å². The van der Waals surface area contributed by atoms with Gasteiger partial charge in [0.25, 0.3) is 0 Å². The molecular formula is C14H19Si. The van der Waals surface area contributed by atoms with E-state index >= 15 is 0 Å². The smallest absolute Gasteiger partial charge is 0.0552 e. The molecule has 0 spiro atoms. The van der Waals surface area contributed by atoms with E-state index in [0.29, 0.717) is 5.92 Å². The summed E-state index contributed by atoms with van der Waals surface area (Å²) in [4.78, 5) is 0. The van der Waals surface area contributed by atoms with E-state index in [1.165, 1.54) is 5.56 Å². The minimum absolute atomic E-state index is 0.285. The maximum absolute atomic E-state index is 2.42. The molecule has 1 aliphatic rings. The van der Waals surface area contributed by atoms with E-state index in [1.54, 1.807) is 11.1 Å². The van der Waals surface area contributed by atoms with Crippen LogP contribution in [-0.2, 0) is 0 Å². The highest BCUT2D eigenvalue weighted by atomic mass is 28.3. The van der Waals surface area contributed by atoms with Crippen LogP contribution in [0.4, 0.5) is 0 Å². The van der Waals surface area contributed by atoms with Crippen molar-refractivity contribution in [2.75, 3.05) is 0 Å². The van der Waals surface area contributed by atoms with E-state index in [4.69, 9.17) is 0 Å². The lowest BCUT2D eigenvalue weighted by molar-refractivity contribution is 0.741. The fraction of sp³-hybridized carbons (Fsp3) is 0.429. The first-order valence-electron chi connectivity index (χ1n) is 5.71. The van der Waals surface area contributed by atoms with Gasteiger partial charge in [0.15, 0.2) is 0 Å². The molecule has 2 rings (SSSR count). The molecule has 0 nitrogen and oxygen atoms in total. The molecule has 0 aromatic heterocycles. The van der Waals surface area contributed by atoms with Gasteiger partial charge in [-0.05, 0) is 22.6 Å². The molecule has 1 atom stereocenters. The monoisotopic (exact) mass is 215 g/mol. The van der Waals surface area contributed by atoms with Crippen molar-refractivity contribution in [3.8, 4) is 0 Å². The molecule has 1 radical (unpaired) electrons. The van der Waals surface area contributed by atoms with Gasteiger partial charge in [0.2, 0.25) is 0 Å². The summed E-state index contributed by atoms with van der Waals surface area (Å²) in [6.07, 6.45) is 2.42. The Morgan fingerprint density at radius 3 is 2.40 bits per heavy atom. The van der Waals surface area contributed by atoms with Crippen molar-refractivity contribution in [2.24, 2.45) is 5.92 Å². The van der Waals surface area contributed by atoms with Gasteiger partial charge in [0, 0.05) is 0 Å². The molecule has 0 N–H and O–H groups in total. The second kappa shape index (κ2) is 3.97. The number of rotatable bonds is 2. The Morgan fingerprint density at radius 1 is 1.13 bits per heavy atom. The van der Waals surface area contributed by atoms with Crippen LogP contribution in [-0.4, -0.2) is 8.80 Å². The Kier molecular flexibility index (Phi) is 2.83. The van der Waals surface area contributed by atoms with Gasteiger partial charge in [-0.1, -0.05) is 62.9 Å². The van der Waals surface area contributed by atoms with E-state index in [2.05, 4.69) is 57.3 Å². The summed E-state index contributed by atoms with van der Waals surface area (Å²) >= 11 is 0. The molecule has 1 aliphatic carbocycles. The van der Waals surface area contributed by atoms with Gasteiger partial charge >= 0.3 is 0 Å². The number of allylic oxidation sites excluding steroid dienone is 1. The topological polar surface area (TPSA) is 0 Å². The summed E-state index contributed by atoms with van der Waals surface area (Å²) in [6, 6.07) is 8.88. The van der Waals surface area contributed by atoms with Crippen LogP contribution in [0.25, 0.3) is 6.08 Å². The molecule has 1 aromatic rings. The van der Waals surface area contributed by atoms with Gasteiger partial charge in [0.1, 0.15) is 0 Å². The molecule has 0 heterocycles. The third kappa shape index (κ3) is 1.81. The summed E-state index contributed by atoms with van der Waals surface area (Å²) in [7, 11) is -0.285.